The third-order valence-electron chi connectivity index (χ3n) is 1.06. The average Bonchev–Trinajstić information content (AvgIpc) is 1.83. The molecular weight excluding hydrogens is 300 g/mol. The van der Waals surface area contributed by atoms with Gasteiger partial charge in [0.1, 0.15) is 0 Å². The van der Waals surface area contributed by atoms with Crippen LogP contribution in [0.1, 0.15) is 5.56 Å². The molecule has 0 amide bonds. The van der Waals surface area contributed by atoms with Crippen molar-refractivity contribution in [1.82, 2.24) is 0 Å². The van der Waals surface area contributed by atoms with Gasteiger partial charge in [-0.2, -0.15) is 35.7 Å². The number of rotatable bonds is 0. The zero-order chi connectivity index (χ0) is 6.85. The first kappa shape index (κ1) is 14.3. The number of benzene rings is 1. The quantitative estimate of drug-likeness (QED) is 0.474. The van der Waals surface area contributed by atoms with Crippen molar-refractivity contribution in [1.29, 1.82) is 0 Å². The molecule has 0 aromatic heterocycles. The second kappa shape index (κ2) is 6.31. The van der Waals surface area contributed by atoms with E-state index in [9.17, 15) is 0 Å². The van der Waals surface area contributed by atoms with Crippen LogP contribution >= 0.6 is 23.2 Å². The first-order chi connectivity index (χ1) is 4.22. The van der Waals surface area contributed by atoms with Crippen LogP contribution in [-0.2, 0) is 19.5 Å². The van der Waals surface area contributed by atoms with E-state index >= 15 is 0 Å². The van der Waals surface area contributed by atoms with Crippen LogP contribution in [0.25, 0.3) is 0 Å². The molecule has 4 heteroatoms. The van der Waals surface area contributed by atoms with E-state index in [1.54, 1.807) is 18.2 Å². The van der Waals surface area contributed by atoms with Gasteiger partial charge in [0, 0.05) is 0 Å². The fraction of sp³-hybridized carbons (Fsp3) is 0. The van der Waals surface area contributed by atoms with Crippen molar-refractivity contribution >= 4 is 23.2 Å². The van der Waals surface area contributed by atoms with Crippen LogP contribution in [0.5, 0.6) is 0 Å². The smallest absolute Gasteiger partial charge is 1.00 e. The molecule has 11 heavy (non-hydrogen) atoms. The minimum Gasteiger partial charge on any atom is -1.00 e. The Morgan fingerprint density at radius 1 is 1.09 bits per heavy atom. The first-order valence-corrected chi connectivity index (χ1v) is 3.23. The molecule has 0 aliphatic carbocycles. The minimum absolute atomic E-state index is 0. The van der Waals surface area contributed by atoms with Crippen molar-refractivity contribution < 1.29 is 36.5 Å². The Morgan fingerprint density at radius 2 is 1.45 bits per heavy atom. The minimum atomic E-state index is 0. The summed E-state index contributed by atoms with van der Waals surface area (Å²) < 4.78 is 0. The molecule has 0 atom stereocenters. The van der Waals surface area contributed by atoms with E-state index < -0.39 is 0 Å². The molecule has 0 spiro atoms. The molecule has 0 unspecified atom stereocenters. The van der Waals surface area contributed by atoms with E-state index in [2.05, 4.69) is 6.92 Å². The van der Waals surface area contributed by atoms with E-state index in [1.807, 2.05) is 0 Å². The standard InChI is InChI=1S/C7H5Cl2.BrH.Zn/c1-5-6(8)3-2-4-7(5)9;;/h2-4H,1H2;1H;/q-1;;+2/p-1. The monoisotopic (exact) mass is 302 g/mol. The van der Waals surface area contributed by atoms with Gasteiger partial charge >= 0.3 is 19.5 Å². The Labute approximate surface area is 99.8 Å². The molecule has 0 aliphatic rings. The van der Waals surface area contributed by atoms with E-state index in [-0.39, 0.29) is 36.5 Å². The van der Waals surface area contributed by atoms with Crippen LogP contribution in [0.15, 0.2) is 18.2 Å². The van der Waals surface area contributed by atoms with E-state index in [1.165, 1.54) is 0 Å². The molecular formula is C7H5BrCl2Zn. The maximum absolute atomic E-state index is 5.67. The normalized spacial score (nSPS) is 7.82. The van der Waals surface area contributed by atoms with E-state index in [0.717, 1.165) is 0 Å². The predicted octanol–water partition coefficient (Wildman–Crippen LogP) is 0.177. The summed E-state index contributed by atoms with van der Waals surface area (Å²) in [6, 6.07) is 5.31. The fourth-order valence-corrected chi connectivity index (χ4v) is 0.930. The SMILES string of the molecule is [Br-].[CH2-]c1c(Cl)cccc1Cl.[Zn+2]. The molecule has 0 saturated carbocycles. The van der Waals surface area contributed by atoms with Crippen molar-refractivity contribution in [3.63, 3.8) is 0 Å². The number of hydrogen-bond donors (Lipinski definition) is 0. The van der Waals surface area contributed by atoms with E-state index in [4.69, 9.17) is 23.2 Å². The van der Waals surface area contributed by atoms with Gasteiger partial charge in [-0.25, -0.2) is 0 Å². The summed E-state index contributed by atoms with van der Waals surface area (Å²) in [6.45, 7) is 3.66. The van der Waals surface area contributed by atoms with Crippen molar-refractivity contribution in [3.8, 4) is 0 Å². The van der Waals surface area contributed by atoms with Crippen molar-refractivity contribution in [3.05, 3.63) is 40.7 Å². The summed E-state index contributed by atoms with van der Waals surface area (Å²) in [6.07, 6.45) is 0. The molecule has 0 heterocycles. The van der Waals surface area contributed by atoms with Gasteiger partial charge in [-0.3, -0.25) is 0 Å². The first-order valence-electron chi connectivity index (χ1n) is 2.48. The van der Waals surface area contributed by atoms with Crippen molar-refractivity contribution in [2.45, 2.75) is 0 Å². The van der Waals surface area contributed by atoms with Crippen LogP contribution in [0, 0.1) is 6.92 Å². The molecule has 56 valence electrons. The second-order valence-electron chi connectivity index (χ2n) is 1.70. The summed E-state index contributed by atoms with van der Waals surface area (Å²) in [7, 11) is 0. The fourth-order valence-electron chi connectivity index (χ4n) is 0.532. The summed E-state index contributed by atoms with van der Waals surface area (Å²) in [5.74, 6) is 0. The van der Waals surface area contributed by atoms with Crippen LogP contribution in [0.4, 0.5) is 0 Å². The van der Waals surface area contributed by atoms with Crippen LogP contribution in [0.2, 0.25) is 10.0 Å². The van der Waals surface area contributed by atoms with Gasteiger partial charge < -0.3 is 17.0 Å². The summed E-state index contributed by atoms with van der Waals surface area (Å²) >= 11 is 11.3. The van der Waals surface area contributed by atoms with Crippen molar-refractivity contribution in [2.75, 3.05) is 0 Å². The van der Waals surface area contributed by atoms with Gasteiger partial charge in [-0.15, -0.1) is 12.1 Å². The molecule has 0 fully saturated rings. The molecule has 1 aromatic carbocycles. The molecule has 0 saturated heterocycles. The number of hydrogen-bond acceptors (Lipinski definition) is 0. The van der Waals surface area contributed by atoms with Gasteiger partial charge in [-0.05, 0) is 0 Å². The van der Waals surface area contributed by atoms with Gasteiger partial charge in [0.2, 0.25) is 0 Å². The largest absolute Gasteiger partial charge is 2.00 e. The Morgan fingerprint density at radius 3 is 1.73 bits per heavy atom. The van der Waals surface area contributed by atoms with Crippen molar-refractivity contribution in [2.24, 2.45) is 0 Å². The summed E-state index contributed by atoms with van der Waals surface area (Å²) in [4.78, 5) is 0. The molecule has 1 rings (SSSR count). The third kappa shape index (κ3) is 3.80. The maximum Gasteiger partial charge on any atom is 2.00 e. The second-order valence-corrected chi connectivity index (χ2v) is 2.51. The van der Waals surface area contributed by atoms with E-state index in [0.29, 0.717) is 15.6 Å². The van der Waals surface area contributed by atoms with Gasteiger partial charge in [0.15, 0.2) is 0 Å². The number of halogens is 3. The van der Waals surface area contributed by atoms with Gasteiger partial charge in [0.05, 0.1) is 0 Å². The zero-order valence-electron chi connectivity index (χ0n) is 5.78. The third-order valence-corrected chi connectivity index (χ3v) is 1.77. The van der Waals surface area contributed by atoms with Gasteiger partial charge in [0.25, 0.3) is 0 Å². The maximum atomic E-state index is 5.67. The Kier molecular flexibility index (Phi) is 8.20. The van der Waals surface area contributed by atoms with Gasteiger partial charge in [-0.1, -0.05) is 16.1 Å². The average molecular weight is 305 g/mol. The topological polar surface area (TPSA) is 0 Å². The zero-order valence-corrected chi connectivity index (χ0v) is 11.8. The molecule has 0 aliphatic heterocycles. The molecule has 0 bridgehead atoms. The summed E-state index contributed by atoms with van der Waals surface area (Å²) in [5.41, 5.74) is 0.695. The Hall–Kier alpha value is 0.773. The molecule has 0 nitrogen and oxygen atoms in total. The molecule has 0 radical (unpaired) electrons. The molecule has 0 N–H and O–H groups in total. The van der Waals surface area contributed by atoms with Crippen LogP contribution < -0.4 is 17.0 Å². The Balaban J connectivity index is 0. The Bertz CT molecular complexity index is 207. The predicted molar refractivity (Wildman–Crippen MR) is 40.9 cm³/mol. The summed E-state index contributed by atoms with van der Waals surface area (Å²) in [5, 5.41) is 1.23. The van der Waals surface area contributed by atoms with Crippen LogP contribution in [0.3, 0.4) is 0 Å². The van der Waals surface area contributed by atoms with Crippen LogP contribution in [-0.4, -0.2) is 0 Å². The molecule has 1 aromatic rings.